The van der Waals surface area contributed by atoms with Gasteiger partial charge in [0.25, 0.3) is 0 Å². The molecule has 82 valence electrons. The predicted molar refractivity (Wildman–Crippen MR) is 59.1 cm³/mol. The Morgan fingerprint density at radius 3 is 2.47 bits per heavy atom. The van der Waals surface area contributed by atoms with Gasteiger partial charge >= 0.3 is 0 Å². The SMILES string of the molecule is Cc1cc(C(=O)C2CCCCC2)c(C)o1. The number of hydrogen-bond acceptors (Lipinski definition) is 2. The Hall–Kier alpha value is -1.05. The van der Waals surface area contributed by atoms with E-state index >= 15 is 0 Å². The Bertz CT molecular complexity index is 357. The van der Waals surface area contributed by atoms with Gasteiger partial charge in [-0.15, -0.1) is 0 Å². The minimum absolute atomic E-state index is 0.245. The molecule has 0 radical (unpaired) electrons. The number of carbonyl (C=O) groups excluding carboxylic acids is 1. The number of furan rings is 1. The van der Waals surface area contributed by atoms with Crippen molar-refractivity contribution in [2.45, 2.75) is 46.0 Å². The van der Waals surface area contributed by atoms with Crippen molar-refractivity contribution in [2.75, 3.05) is 0 Å². The first-order chi connectivity index (χ1) is 7.18. The molecule has 1 fully saturated rings. The van der Waals surface area contributed by atoms with Crippen LogP contribution in [0.1, 0.15) is 54.0 Å². The highest BCUT2D eigenvalue weighted by atomic mass is 16.3. The number of carbonyl (C=O) groups is 1. The van der Waals surface area contributed by atoms with Crippen molar-refractivity contribution in [3.05, 3.63) is 23.2 Å². The van der Waals surface area contributed by atoms with Crippen molar-refractivity contribution in [2.24, 2.45) is 5.92 Å². The van der Waals surface area contributed by atoms with Crippen LogP contribution in [0, 0.1) is 19.8 Å². The third kappa shape index (κ3) is 2.14. The van der Waals surface area contributed by atoms with E-state index in [4.69, 9.17) is 4.42 Å². The maximum Gasteiger partial charge on any atom is 0.169 e. The largest absolute Gasteiger partial charge is 0.466 e. The summed E-state index contributed by atoms with van der Waals surface area (Å²) in [5.74, 6) is 2.16. The molecule has 0 amide bonds. The van der Waals surface area contributed by atoms with Gasteiger partial charge in [0.2, 0.25) is 0 Å². The van der Waals surface area contributed by atoms with E-state index in [-0.39, 0.29) is 5.92 Å². The molecule has 1 saturated carbocycles. The molecule has 0 N–H and O–H groups in total. The van der Waals surface area contributed by atoms with Crippen LogP contribution >= 0.6 is 0 Å². The molecule has 2 rings (SSSR count). The quantitative estimate of drug-likeness (QED) is 0.691. The van der Waals surface area contributed by atoms with Crippen LogP contribution in [-0.2, 0) is 0 Å². The molecule has 0 bridgehead atoms. The van der Waals surface area contributed by atoms with Gasteiger partial charge < -0.3 is 4.42 Å². The molecule has 1 aliphatic rings. The van der Waals surface area contributed by atoms with Crippen LogP contribution in [0.25, 0.3) is 0 Å². The van der Waals surface area contributed by atoms with Gasteiger partial charge in [0.1, 0.15) is 11.5 Å². The first-order valence-electron chi connectivity index (χ1n) is 5.79. The summed E-state index contributed by atoms with van der Waals surface area (Å²) in [4.78, 5) is 12.2. The number of Topliss-reactive ketones (excluding diaryl/α,β-unsaturated/α-hetero) is 1. The van der Waals surface area contributed by atoms with Crippen LogP contribution in [0.15, 0.2) is 10.5 Å². The van der Waals surface area contributed by atoms with Crippen LogP contribution in [0.4, 0.5) is 0 Å². The third-order valence-corrected chi connectivity index (χ3v) is 3.28. The fraction of sp³-hybridized carbons (Fsp3) is 0.615. The smallest absolute Gasteiger partial charge is 0.169 e. The van der Waals surface area contributed by atoms with Crippen molar-refractivity contribution in [1.29, 1.82) is 0 Å². The van der Waals surface area contributed by atoms with E-state index < -0.39 is 0 Å². The Balaban J connectivity index is 2.16. The van der Waals surface area contributed by atoms with Crippen molar-refractivity contribution in [3.8, 4) is 0 Å². The van der Waals surface area contributed by atoms with Gasteiger partial charge in [-0.05, 0) is 32.8 Å². The lowest BCUT2D eigenvalue weighted by Gasteiger charge is -2.19. The number of ketones is 1. The lowest BCUT2D eigenvalue weighted by atomic mass is 9.84. The van der Waals surface area contributed by atoms with Crippen molar-refractivity contribution in [1.82, 2.24) is 0 Å². The second kappa shape index (κ2) is 4.21. The molecular weight excluding hydrogens is 188 g/mol. The van der Waals surface area contributed by atoms with E-state index in [2.05, 4.69) is 0 Å². The van der Waals surface area contributed by atoms with Crippen molar-refractivity contribution >= 4 is 5.78 Å². The number of hydrogen-bond donors (Lipinski definition) is 0. The van der Waals surface area contributed by atoms with E-state index in [9.17, 15) is 4.79 Å². The van der Waals surface area contributed by atoms with Crippen molar-refractivity contribution < 1.29 is 9.21 Å². The zero-order valence-electron chi connectivity index (χ0n) is 9.51. The van der Waals surface area contributed by atoms with Gasteiger partial charge in [-0.3, -0.25) is 4.79 Å². The van der Waals surface area contributed by atoms with E-state index in [0.29, 0.717) is 5.78 Å². The summed E-state index contributed by atoms with van der Waals surface area (Å²) in [6.45, 7) is 3.77. The van der Waals surface area contributed by atoms with E-state index in [1.54, 1.807) is 0 Å². The fourth-order valence-corrected chi connectivity index (χ4v) is 2.46. The predicted octanol–water partition coefficient (Wildman–Crippen LogP) is 3.66. The zero-order chi connectivity index (χ0) is 10.8. The van der Waals surface area contributed by atoms with Crippen LogP contribution in [-0.4, -0.2) is 5.78 Å². The average molecular weight is 206 g/mol. The molecule has 1 heterocycles. The first kappa shape index (κ1) is 10.5. The topological polar surface area (TPSA) is 30.2 Å². The lowest BCUT2D eigenvalue weighted by molar-refractivity contribution is 0.0888. The standard InChI is InChI=1S/C13H18O2/c1-9-8-12(10(2)15-9)13(14)11-6-4-3-5-7-11/h8,11H,3-7H2,1-2H3. The first-order valence-corrected chi connectivity index (χ1v) is 5.79. The summed E-state index contributed by atoms with van der Waals surface area (Å²) < 4.78 is 5.41. The molecule has 0 unspecified atom stereocenters. The molecule has 0 saturated heterocycles. The molecule has 15 heavy (non-hydrogen) atoms. The van der Waals surface area contributed by atoms with E-state index in [1.165, 1.54) is 19.3 Å². The van der Waals surface area contributed by atoms with Gasteiger partial charge in [0.05, 0.1) is 5.56 Å². The van der Waals surface area contributed by atoms with Gasteiger partial charge in [0, 0.05) is 5.92 Å². The normalized spacial score (nSPS) is 18.0. The molecule has 0 spiro atoms. The molecule has 1 aromatic heterocycles. The summed E-state index contributed by atoms with van der Waals surface area (Å²) in [5, 5.41) is 0. The lowest BCUT2D eigenvalue weighted by Crippen LogP contribution is -2.17. The molecule has 2 nitrogen and oxygen atoms in total. The maximum atomic E-state index is 12.2. The molecule has 2 heteroatoms. The molecular formula is C13H18O2. The summed E-state index contributed by atoms with van der Waals surface area (Å²) in [7, 11) is 0. The molecule has 1 aromatic rings. The van der Waals surface area contributed by atoms with Crippen LogP contribution in [0.2, 0.25) is 0 Å². The molecule has 1 aliphatic carbocycles. The van der Waals surface area contributed by atoms with E-state index in [1.807, 2.05) is 19.9 Å². The Morgan fingerprint density at radius 1 is 1.27 bits per heavy atom. The van der Waals surface area contributed by atoms with E-state index in [0.717, 1.165) is 29.9 Å². The summed E-state index contributed by atoms with van der Waals surface area (Å²) in [6, 6.07) is 1.88. The third-order valence-electron chi connectivity index (χ3n) is 3.28. The highest BCUT2D eigenvalue weighted by Gasteiger charge is 2.24. The van der Waals surface area contributed by atoms with Crippen LogP contribution in [0.5, 0.6) is 0 Å². The Kier molecular flexibility index (Phi) is 2.94. The fourth-order valence-electron chi connectivity index (χ4n) is 2.46. The van der Waals surface area contributed by atoms with Gasteiger partial charge in [-0.2, -0.15) is 0 Å². The van der Waals surface area contributed by atoms with Crippen LogP contribution in [0.3, 0.4) is 0 Å². The summed E-state index contributed by atoms with van der Waals surface area (Å²) in [5.41, 5.74) is 0.805. The van der Waals surface area contributed by atoms with Crippen LogP contribution < -0.4 is 0 Å². The maximum absolute atomic E-state index is 12.2. The highest BCUT2D eigenvalue weighted by molar-refractivity contribution is 5.98. The van der Waals surface area contributed by atoms with Crippen molar-refractivity contribution in [3.63, 3.8) is 0 Å². The molecule has 0 aliphatic heterocycles. The summed E-state index contributed by atoms with van der Waals surface area (Å²) in [6.07, 6.45) is 5.80. The zero-order valence-corrected chi connectivity index (χ0v) is 9.51. The Labute approximate surface area is 90.7 Å². The minimum atomic E-state index is 0.245. The molecule has 0 atom stereocenters. The second-order valence-corrected chi connectivity index (χ2v) is 4.53. The molecule has 0 aromatic carbocycles. The minimum Gasteiger partial charge on any atom is -0.466 e. The highest BCUT2D eigenvalue weighted by Crippen LogP contribution is 2.28. The monoisotopic (exact) mass is 206 g/mol. The van der Waals surface area contributed by atoms with Gasteiger partial charge in [-0.1, -0.05) is 19.3 Å². The summed E-state index contributed by atoms with van der Waals surface area (Å²) >= 11 is 0. The Morgan fingerprint density at radius 2 is 1.93 bits per heavy atom. The number of rotatable bonds is 2. The number of aryl methyl sites for hydroxylation is 2. The van der Waals surface area contributed by atoms with Gasteiger partial charge in [-0.25, -0.2) is 0 Å². The average Bonchev–Trinajstić information content (AvgIpc) is 2.58. The van der Waals surface area contributed by atoms with Gasteiger partial charge in [0.15, 0.2) is 5.78 Å². The second-order valence-electron chi connectivity index (χ2n) is 4.53.